The van der Waals surface area contributed by atoms with Crippen molar-refractivity contribution in [3.05, 3.63) is 23.0 Å². The van der Waals surface area contributed by atoms with Crippen LogP contribution in [0.2, 0.25) is 0 Å². The van der Waals surface area contributed by atoms with E-state index in [1.165, 1.54) is 10.9 Å². The first-order valence-corrected chi connectivity index (χ1v) is 6.68. The zero-order valence-corrected chi connectivity index (χ0v) is 11.0. The molecule has 0 bridgehead atoms. The summed E-state index contributed by atoms with van der Waals surface area (Å²) in [6, 6.07) is 0. The van der Waals surface area contributed by atoms with Gasteiger partial charge >= 0.3 is 0 Å². The third-order valence-electron chi connectivity index (χ3n) is 3.94. The van der Waals surface area contributed by atoms with Gasteiger partial charge in [-0.1, -0.05) is 19.3 Å². The van der Waals surface area contributed by atoms with Gasteiger partial charge in [-0.15, -0.1) is 0 Å². The predicted octanol–water partition coefficient (Wildman–Crippen LogP) is 0.825. The Kier molecular flexibility index (Phi) is 2.89. The van der Waals surface area contributed by atoms with E-state index in [4.69, 9.17) is 0 Å². The molecule has 2 heterocycles. The highest BCUT2D eigenvalue weighted by Crippen LogP contribution is 2.29. The monoisotopic (exact) mass is 262 g/mol. The Morgan fingerprint density at radius 2 is 2.00 bits per heavy atom. The zero-order chi connectivity index (χ0) is 13.5. The molecule has 1 fully saturated rings. The van der Waals surface area contributed by atoms with Gasteiger partial charge in [-0.2, -0.15) is 0 Å². The number of aryl methyl sites for hydroxylation is 1. The minimum atomic E-state index is -0.772. The van der Waals surface area contributed by atoms with E-state index in [2.05, 4.69) is 9.97 Å². The van der Waals surface area contributed by atoms with Crippen LogP contribution >= 0.6 is 0 Å². The number of aromatic nitrogens is 4. The van der Waals surface area contributed by atoms with Gasteiger partial charge in [0, 0.05) is 7.05 Å². The summed E-state index contributed by atoms with van der Waals surface area (Å²) in [6.07, 6.45) is 7.79. The summed E-state index contributed by atoms with van der Waals surface area (Å²) < 4.78 is 3.21. The largest absolute Gasteiger partial charge is 0.388 e. The summed E-state index contributed by atoms with van der Waals surface area (Å²) in [4.78, 5) is 20.6. The van der Waals surface area contributed by atoms with Crippen LogP contribution in [0.1, 0.15) is 32.1 Å². The molecule has 0 radical (unpaired) electrons. The molecule has 6 heteroatoms. The maximum Gasteiger partial charge on any atom is 0.281 e. The fraction of sp³-hybridized carbons (Fsp3) is 0.615. The molecule has 0 unspecified atom stereocenters. The predicted molar refractivity (Wildman–Crippen MR) is 70.8 cm³/mol. The van der Waals surface area contributed by atoms with Gasteiger partial charge in [0.15, 0.2) is 11.2 Å². The third kappa shape index (κ3) is 2.16. The highest BCUT2D eigenvalue weighted by Gasteiger charge is 2.30. The van der Waals surface area contributed by atoms with Crippen LogP contribution in [0, 0.1) is 0 Å². The number of hydrogen-bond acceptors (Lipinski definition) is 4. The van der Waals surface area contributed by atoms with Crippen molar-refractivity contribution in [3.63, 3.8) is 0 Å². The molecule has 1 N–H and O–H groups in total. The molecule has 2 aromatic heterocycles. The van der Waals surface area contributed by atoms with Gasteiger partial charge in [0.05, 0.1) is 18.5 Å². The summed E-state index contributed by atoms with van der Waals surface area (Å²) in [5, 5.41) is 10.5. The number of rotatable bonds is 2. The molecule has 1 saturated carbocycles. The fourth-order valence-corrected chi connectivity index (χ4v) is 2.84. The van der Waals surface area contributed by atoms with Crippen LogP contribution in [0.3, 0.4) is 0 Å². The molecule has 102 valence electrons. The highest BCUT2D eigenvalue weighted by molar-refractivity contribution is 5.68. The first-order chi connectivity index (χ1) is 9.09. The molecule has 6 nitrogen and oxygen atoms in total. The summed E-state index contributed by atoms with van der Waals surface area (Å²) >= 11 is 0. The van der Waals surface area contributed by atoms with Crippen LogP contribution in [-0.2, 0) is 13.6 Å². The van der Waals surface area contributed by atoms with Crippen LogP contribution in [0.15, 0.2) is 17.4 Å². The molecule has 1 aliphatic rings. The van der Waals surface area contributed by atoms with Gasteiger partial charge in [-0.3, -0.25) is 9.36 Å². The van der Waals surface area contributed by atoms with Crippen molar-refractivity contribution in [2.24, 2.45) is 7.05 Å². The van der Waals surface area contributed by atoms with Gasteiger partial charge in [0.2, 0.25) is 0 Å². The second-order valence-electron chi connectivity index (χ2n) is 5.49. The van der Waals surface area contributed by atoms with Crippen molar-refractivity contribution in [2.45, 2.75) is 44.2 Å². The van der Waals surface area contributed by atoms with Crippen LogP contribution in [0.5, 0.6) is 0 Å². The molecule has 0 atom stereocenters. The van der Waals surface area contributed by atoms with Crippen LogP contribution in [-0.4, -0.2) is 29.8 Å². The number of nitrogens with zero attached hydrogens (tertiary/aromatic N) is 4. The molecule has 3 rings (SSSR count). The molecule has 0 spiro atoms. The van der Waals surface area contributed by atoms with Crippen molar-refractivity contribution in [2.75, 3.05) is 0 Å². The molecule has 0 saturated heterocycles. The van der Waals surface area contributed by atoms with E-state index in [1.54, 1.807) is 17.9 Å². The lowest BCUT2D eigenvalue weighted by Gasteiger charge is -2.32. The van der Waals surface area contributed by atoms with Crippen LogP contribution in [0.25, 0.3) is 11.2 Å². The van der Waals surface area contributed by atoms with E-state index in [1.807, 2.05) is 0 Å². The SMILES string of the molecule is Cn1cnc2c(=O)n(CC3(O)CCCCC3)cnc21. The molecule has 19 heavy (non-hydrogen) atoms. The molecule has 0 aromatic carbocycles. The highest BCUT2D eigenvalue weighted by atomic mass is 16.3. The topological polar surface area (TPSA) is 72.9 Å². The molecular weight excluding hydrogens is 244 g/mol. The fourth-order valence-electron chi connectivity index (χ4n) is 2.84. The van der Waals surface area contributed by atoms with E-state index in [0.717, 1.165) is 32.1 Å². The standard InChI is InChI=1S/C13H18N4O2/c1-16-8-14-10-11(16)15-9-17(12(10)18)7-13(19)5-3-2-4-6-13/h8-9,19H,2-7H2,1H3. The Morgan fingerprint density at radius 3 is 2.74 bits per heavy atom. The summed E-state index contributed by atoms with van der Waals surface area (Å²) in [5.41, 5.74) is -0.00227. The van der Waals surface area contributed by atoms with E-state index in [9.17, 15) is 9.90 Å². The molecule has 2 aromatic rings. The van der Waals surface area contributed by atoms with E-state index < -0.39 is 5.60 Å². The number of fused-ring (bicyclic) bond motifs is 1. The minimum Gasteiger partial charge on any atom is -0.388 e. The molecule has 1 aliphatic carbocycles. The molecular formula is C13H18N4O2. The third-order valence-corrected chi connectivity index (χ3v) is 3.94. The van der Waals surface area contributed by atoms with E-state index >= 15 is 0 Å². The number of aliphatic hydroxyl groups is 1. The Labute approximate surface area is 110 Å². The zero-order valence-electron chi connectivity index (χ0n) is 11.0. The second-order valence-corrected chi connectivity index (χ2v) is 5.49. The number of imidazole rings is 1. The van der Waals surface area contributed by atoms with Crippen molar-refractivity contribution >= 4 is 11.2 Å². The average molecular weight is 262 g/mol. The lowest BCUT2D eigenvalue weighted by Crippen LogP contribution is -2.39. The van der Waals surface area contributed by atoms with Gasteiger partial charge in [0.1, 0.15) is 6.33 Å². The Bertz CT molecular complexity index is 652. The lowest BCUT2D eigenvalue weighted by atomic mass is 9.85. The smallest absolute Gasteiger partial charge is 0.281 e. The molecule has 0 amide bonds. The van der Waals surface area contributed by atoms with Crippen LogP contribution in [0.4, 0.5) is 0 Å². The van der Waals surface area contributed by atoms with E-state index in [0.29, 0.717) is 17.7 Å². The average Bonchev–Trinajstić information content (AvgIpc) is 2.76. The maximum atomic E-state index is 12.3. The quantitative estimate of drug-likeness (QED) is 0.870. The molecule has 0 aliphatic heterocycles. The van der Waals surface area contributed by atoms with Crippen molar-refractivity contribution < 1.29 is 5.11 Å². The number of hydrogen-bond donors (Lipinski definition) is 1. The van der Waals surface area contributed by atoms with Crippen molar-refractivity contribution in [3.8, 4) is 0 Å². The first-order valence-electron chi connectivity index (χ1n) is 6.68. The second kappa shape index (κ2) is 4.45. The summed E-state index contributed by atoms with van der Waals surface area (Å²) in [7, 11) is 1.81. The Hall–Kier alpha value is -1.69. The van der Waals surface area contributed by atoms with Gasteiger partial charge < -0.3 is 9.67 Å². The first kappa shape index (κ1) is 12.3. The Morgan fingerprint density at radius 1 is 1.26 bits per heavy atom. The van der Waals surface area contributed by atoms with Gasteiger partial charge in [-0.25, -0.2) is 9.97 Å². The Balaban J connectivity index is 1.97. The van der Waals surface area contributed by atoms with Crippen molar-refractivity contribution in [1.82, 2.24) is 19.1 Å². The summed E-state index contributed by atoms with van der Waals surface area (Å²) in [6.45, 7) is 0.311. The summed E-state index contributed by atoms with van der Waals surface area (Å²) in [5.74, 6) is 0. The minimum absolute atomic E-state index is 0.176. The van der Waals surface area contributed by atoms with Crippen molar-refractivity contribution in [1.29, 1.82) is 0 Å². The normalized spacial score (nSPS) is 18.8. The van der Waals surface area contributed by atoms with Gasteiger partial charge in [-0.05, 0) is 12.8 Å². The maximum absolute atomic E-state index is 12.3. The lowest BCUT2D eigenvalue weighted by molar-refractivity contribution is -0.0123. The van der Waals surface area contributed by atoms with E-state index in [-0.39, 0.29) is 5.56 Å². The van der Waals surface area contributed by atoms with Gasteiger partial charge in [0.25, 0.3) is 5.56 Å². The van der Waals surface area contributed by atoms with Crippen LogP contribution < -0.4 is 5.56 Å².